The number of pyridine rings is 1. The average molecular weight is 423 g/mol. The number of hydrogen-bond acceptors (Lipinski definition) is 5. The fourth-order valence-corrected chi connectivity index (χ4v) is 5.40. The highest BCUT2D eigenvalue weighted by Gasteiger charge is 2.51. The molecule has 0 bridgehead atoms. The first-order valence-corrected chi connectivity index (χ1v) is 10.7. The van der Waals surface area contributed by atoms with Gasteiger partial charge in [0.15, 0.2) is 0 Å². The Morgan fingerprint density at radius 3 is 2.69 bits per heavy atom. The molecule has 8 nitrogen and oxygen atoms in total. The lowest BCUT2D eigenvalue weighted by Crippen LogP contribution is -2.50. The lowest BCUT2D eigenvalue weighted by atomic mass is 9.78. The molecule has 0 aromatic carbocycles. The molecule has 4 rings (SSSR count). The largest absolute Gasteiger partial charge is 0.465 e. The maximum Gasteiger partial charge on any atom is 0.409 e. The number of anilines is 2. The molecule has 1 aromatic rings. The molecule has 1 spiro atoms. The van der Waals surface area contributed by atoms with Crippen molar-refractivity contribution in [3.63, 3.8) is 0 Å². The summed E-state index contributed by atoms with van der Waals surface area (Å²) in [5.74, 6) is 0.817. The Bertz CT molecular complexity index is 799. The fraction of sp³-hybridized carbons (Fsp3) is 0.650. The minimum Gasteiger partial charge on any atom is -0.465 e. The molecule has 1 aliphatic carbocycles. The number of nitrogens with zero attached hydrogens (tertiary/aromatic N) is 3. The van der Waals surface area contributed by atoms with Crippen LogP contribution in [0.5, 0.6) is 0 Å². The van der Waals surface area contributed by atoms with Gasteiger partial charge in [0.25, 0.3) is 0 Å². The Labute approximate surface area is 174 Å². The fourth-order valence-electron chi connectivity index (χ4n) is 5.11. The van der Waals surface area contributed by atoms with Crippen LogP contribution in [0.2, 0.25) is 5.02 Å². The van der Waals surface area contributed by atoms with E-state index in [1.54, 1.807) is 6.07 Å². The van der Waals surface area contributed by atoms with Crippen LogP contribution in [0.3, 0.4) is 0 Å². The number of likely N-dealkylation sites (tertiary alicyclic amines) is 1. The third-order valence-electron chi connectivity index (χ3n) is 6.60. The van der Waals surface area contributed by atoms with E-state index in [0.29, 0.717) is 23.1 Å². The lowest BCUT2D eigenvalue weighted by Gasteiger charge is -2.41. The van der Waals surface area contributed by atoms with Gasteiger partial charge in [-0.3, -0.25) is 10.1 Å². The predicted octanol–water partition coefficient (Wildman–Crippen LogP) is 2.95. The molecule has 3 fully saturated rings. The van der Waals surface area contributed by atoms with Crippen molar-refractivity contribution in [3.8, 4) is 0 Å². The molecular formula is C20H27ClN4O4. The number of rotatable bonds is 3. The third kappa shape index (κ3) is 4.00. The average Bonchev–Trinajstić information content (AvgIpc) is 2.98. The number of carboxylic acid groups (broad SMARTS) is 1. The summed E-state index contributed by atoms with van der Waals surface area (Å²) < 4.78 is 0. The molecule has 2 aliphatic heterocycles. The zero-order valence-electron chi connectivity index (χ0n) is 16.3. The van der Waals surface area contributed by atoms with Crippen molar-refractivity contribution in [2.75, 3.05) is 29.9 Å². The maximum atomic E-state index is 13.4. The summed E-state index contributed by atoms with van der Waals surface area (Å²) in [5, 5.41) is 21.2. The van der Waals surface area contributed by atoms with Crippen LogP contribution < -0.4 is 10.2 Å². The molecule has 1 atom stereocenters. The Hall–Kier alpha value is -2.06. The second-order valence-corrected chi connectivity index (χ2v) is 8.88. The van der Waals surface area contributed by atoms with Gasteiger partial charge >= 0.3 is 6.09 Å². The van der Waals surface area contributed by atoms with Gasteiger partial charge in [0.1, 0.15) is 5.82 Å². The Kier molecular flexibility index (Phi) is 5.57. The molecule has 1 aromatic heterocycles. The van der Waals surface area contributed by atoms with Crippen molar-refractivity contribution in [2.45, 2.75) is 57.1 Å². The van der Waals surface area contributed by atoms with E-state index in [0.717, 1.165) is 58.0 Å². The number of aliphatic hydroxyl groups excluding tert-OH is 1. The molecule has 0 radical (unpaired) electrons. The van der Waals surface area contributed by atoms with Gasteiger partial charge in [0, 0.05) is 25.7 Å². The van der Waals surface area contributed by atoms with E-state index in [1.807, 2.05) is 4.90 Å². The molecule has 0 unspecified atom stereocenters. The van der Waals surface area contributed by atoms with Gasteiger partial charge in [-0.15, -0.1) is 0 Å². The highest BCUT2D eigenvalue weighted by atomic mass is 35.5. The summed E-state index contributed by atoms with van der Waals surface area (Å²) in [4.78, 5) is 32.7. The SMILES string of the molecule is O=C(O)Nc1cnc(N2CCC[C@@]3(CCN([C@H]4CC[C@@H](O)CC4)C3=O)C2)c(Cl)c1. The molecule has 3 aliphatic rings. The zero-order valence-corrected chi connectivity index (χ0v) is 17.1. The second kappa shape index (κ2) is 7.99. The number of carbonyl (C=O) groups is 2. The smallest absolute Gasteiger partial charge is 0.409 e. The first-order valence-electron chi connectivity index (χ1n) is 10.3. The van der Waals surface area contributed by atoms with Crippen molar-refractivity contribution in [1.82, 2.24) is 9.88 Å². The van der Waals surface area contributed by atoms with Crippen LogP contribution in [0.4, 0.5) is 16.3 Å². The normalized spacial score (nSPS) is 30.1. The minimum absolute atomic E-state index is 0.226. The number of aromatic nitrogens is 1. The summed E-state index contributed by atoms with van der Waals surface area (Å²) in [5.41, 5.74) is -0.0855. The van der Waals surface area contributed by atoms with Crippen molar-refractivity contribution >= 4 is 35.1 Å². The highest BCUT2D eigenvalue weighted by Crippen LogP contribution is 2.44. The molecule has 3 N–H and O–H groups in total. The summed E-state index contributed by atoms with van der Waals surface area (Å²) in [6.45, 7) is 2.12. The van der Waals surface area contributed by atoms with Crippen LogP contribution in [0, 0.1) is 5.41 Å². The first kappa shape index (κ1) is 20.2. The van der Waals surface area contributed by atoms with Gasteiger partial charge in [-0.05, 0) is 51.0 Å². The topological polar surface area (TPSA) is 106 Å². The number of amides is 2. The monoisotopic (exact) mass is 422 g/mol. The van der Waals surface area contributed by atoms with Crippen LogP contribution in [0.15, 0.2) is 12.3 Å². The number of halogens is 1. The highest BCUT2D eigenvalue weighted by molar-refractivity contribution is 6.33. The van der Waals surface area contributed by atoms with Gasteiger partial charge in [0.05, 0.1) is 28.4 Å². The van der Waals surface area contributed by atoms with E-state index in [9.17, 15) is 14.7 Å². The molecule has 3 heterocycles. The Balaban J connectivity index is 1.48. The van der Waals surface area contributed by atoms with Crippen LogP contribution in [0.25, 0.3) is 0 Å². The molecule has 2 saturated heterocycles. The Morgan fingerprint density at radius 2 is 2.00 bits per heavy atom. The minimum atomic E-state index is -1.17. The van der Waals surface area contributed by atoms with Gasteiger partial charge < -0.3 is 20.0 Å². The maximum absolute atomic E-state index is 13.4. The standard InChI is InChI=1S/C20H27ClN4O4/c21-16-10-13(23-19(28)29)11-22-17(16)24-8-1-6-20(12-24)7-9-25(18(20)27)14-2-4-15(26)5-3-14/h10-11,14-15,23,26H,1-9,12H2,(H,28,29)/t14-,15+,20-/m1/s1. The van der Waals surface area contributed by atoms with Crippen molar-refractivity contribution in [2.24, 2.45) is 5.41 Å². The van der Waals surface area contributed by atoms with Crippen LogP contribution in [0.1, 0.15) is 44.9 Å². The van der Waals surface area contributed by atoms with Crippen molar-refractivity contribution in [3.05, 3.63) is 17.3 Å². The summed E-state index contributed by atoms with van der Waals surface area (Å²) in [6, 6.07) is 1.79. The van der Waals surface area contributed by atoms with E-state index < -0.39 is 11.5 Å². The van der Waals surface area contributed by atoms with Crippen LogP contribution in [-0.2, 0) is 4.79 Å². The van der Waals surface area contributed by atoms with E-state index >= 15 is 0 Å². The number of carbonyl (C=O) groups excluding carboxylic acids is 1. The Morgan fingerprint density at radius 1 is 1.24 bits per heavy atom. The molecular weight excluding hydrogens is 396 g/mol. The second-order valence-electron chi connectivity index (χ2n) is 8.48. The van der Waals surface area contributed by atoms with Crippen LogP contribution in [-0.4, -0.2) is 63.9 Å². The number of nitrogens with one attached hydrogen (secondary N) is 1. The predicted molar refractivity (Wildman–Crippen MR) is 109 cm³/mol. The van der Waals surface area contributed by atoms with Crippen LogP contribution >= 0.6 is 11.6 Å². The molecule has 158 valence electrons. The first-order chi connectivity index (χ1) is 13.9. The van der Waals surface area contributed by atoms with Gasteiger partial charge in [0.2, 0.25) is 5.91 Å². The van der Waals surface area contributed by atoms with Crippen molar-refractivity contribution < 1.29 is 19.8 Å². The number of hydrogen-bond donors (Lipinski definition) is 3. The number of piperidine rings is 1. The van der Waals surface area contributed by atoms with Gasteiger partial charge in [-0.2, -0.15) is 0 Å². The third-order valence-corrected chi connectivity index (χ3v) is 6.88. The summed E-state index contributed by atoms with van der Waals surface area (Å²) in [6.07, 6.45) is 5.92. The molecule has 1 saturated carbocycles. The quantitative estimate of drug-likeness (QED) is 0.691. The lowest BCUT2D eigenvalue weighted by molar-refractivity contribution is -0.139. The molecule has 2 amide bonds. The van der Waals surface area contributed by atoms with Gasteiger partial charge in [-0.25, -0.2) is 9.78 Å². The molecule has 9 heteroatoms. The zero-order chi connectivity index (χ0) is 20.6. The van der Waals surface area contributed by atoms with E-state index in [2.05, 4.69) is 15.2 Å². The van der Waals surface area contributed by atoms with Gasteiger partial charge in [-0.1, -0.05) is 11.6 Å². The van der Waals surface area contributed by atoms with E-state index in [1.165, 1.54) is 6.20 Å². The summed E-state index contributed by atoms with van der Waals surface area (Å²) >= 11 is 6.39. The van der Waals surface area contributed by atoms with Crippen molar-refractivity contribution in [1.29, 1.82) is 0 Å². The molecule has 29 heavy (non-hydrogen) atoms. The van der Waals surface area contributed by atoms with E-state index in [-0.39, 0.29) is 18.1 Å². The summed E-state index contributed by atoms with van der Waals surface area (Å²) in [7, 11) is 0. The number of aliphatic hydroxyl groups is 1. The van der Waals surface area contributed by atoms with E-state index in [4.69, 9.17) is 16.7 Å².